The fourth-order valence-electron chi connectivity index (χ4n) is 4.62. The van der Waals surface area contributed by atoms with Crippen LogP contribution in [0.5, 0.6) is 0 Å². The second-order valence-corrected chi connectivity index (χ2v) is 8.20. The zero-order chi connectivity index (χ0) is 19.9. The number of rotatable bonds is 8. The number of piperidine rings is 2. The highest BCUT2D eigenvalue weighted by Crippen LogP contribution is 2.25. The molecule has 0 aliphatic carbocycles. The number of methoxy groups -OCH3 is 1. The summed E-state index contributed by atoms with van der Waals surface area (Å²) >= 11 is 0. The quantitative estimate of drug-likeness (QED) is 0.683. The molecule has 0 bridgehead atoms. The molecule has 1 N–H and O–H groups in total. The standard InChI is InChI=1S/C21H37N5O2/c1-4-26-17(2)19(14-23-26)15-24-11-7-20(8-12-24)25-10-5-6-18(16-25)21(27)22-9-13-28-3/h14,18,20H,4-13,15-16H2,1-3H3,(H,22,27)/t18-/m1/s1. The first-order valence-electron chi connectivity index (χ1n) is 10.9. The Bertz CT molecular complexity index is 624. The first-order valence-corrected chi connectivity index (χ1v) is 10.9. The third-order valence-corrected chi connectivity index (χ3v) is 6.40. The van der Waals surface area contributed by atoms with Crippen LogP contribution in [0.2, 0.25) is 0 Å². The number of amides is 1. The molecule has 7 nitrogen and oxygen atoms in total. The van der Waals surface area contributed by atoms with Gasteiger partial charge in [0.1, 0.15) is 0 Å². The highest BCUT2D eigenvalue weighted by atomic mass is 16.5. The molecule has 1 aromatic rings. The number of carbonyl (C=O) groups is 1. The molecule has 0 aromatic carbocycles. The fourth-order valence-corrected chi connectivity index (χ4v) is 4.62. The summed E-state index contributed by atoms with van der Waals surface area (Å²) in [7, 11) is 1.66. The zero-order valence-electron chi connectivity index (χ0n) is 17.8. The Morgan fingerprint density at radius 1 is 1.29 bits per heavy atom. The number of nitrogens with zero attached hydrogens (tertiary/aromatic N) is 4. The van der Waals surface area contributed by atoms with Crippen molar-refractivity contribution in [1.29, 1.82) is 0 Å². The molecule has 2 aliphatic rings. The zero-order valence-corrected chi connectivity index (χ0v) is 17.8. The van der Waals surface area contributed by atoms with E-state index in [0.29, 0.717) is 19.2 Å². The second-order valence-electron chi connectivity index (χ2n) is 8.20. The maximum absolute atomic E-state index is 12.4. The number of nitrogens with one attached hydrogen (secondary N) is 1. The average molecular weight is 392 g/mol. The lowest BCUT2D eigenvalue weighted by Gasteiger charge is -2.42. The summed E-state index contributed by atoms with van der Waals surface area (Å²) < 4.78 is 7.11. The number of aromatic nitrogens is 2. The molecule has 28 heavy (non-hydrogen) atoms. The number of carbonyl (C=O) groups excluding carboxylic acids is 1. The lowest BCUT2D eigenvalue weighted by molar-refractivity contribution is -0.127. The normalized spacial score (nSPS) is 22.5. The minimum absolute atomic E-state index is 0.131. The van der Waals surface area contributed by atoms with Crippen molar-refractivity contribution < 1.29 is 9.53 Å². The monoisotopic (exact) mass is 391 g/mol. The van der Waals surface area contributed by atoms with Gasteiger partial charge in [-0.1, -0.05) is 0 Å². The summed E-state index contributed by atoms with van der Waals surface area (Å²) in [6.45, 7) is 11.7. The Morgan fingerprint density at radius 2 is 2.07 bits per heavy atom. The second kappa shape index (κ2) is 10.4. The smallest absolute Gasteiger partial charge is 0.224 e. The number of ether oxygens (including phenoxy) is 1. The summed E-state index contributed by atoms with van der Waals surface area (Å²) in [5.41, 5.74) is 2.65. The summed E-state index contributed by atoms with van der Waals surface area (Å²) in [6.07, 6.45) is 6.55. The molecule has 0 unspecified atom stereocenters. The van der Waals surface area contributed by atoms with E-state index in [1.807, 2.05) is 6.20 Å². The third-order valence-electron chi connectivity index (χ3n) is 6.40. The van der Waals surface area contributed by atoms with Crippen LogP contribution in [0.3, 0.4) is 0 Å². The topological polar surface area (TPSA) is 62.6 Å². The molecule has 0 radical (unpaired) electrons. The van der Waals surface area contributed by atoms with E-state index in [4.69, 9.17) is 4.74 Å². The Labute approximate surface area is 169 Å². The van der Waals surface area contributed by atoms with Crippen LogP contribution < -0.4 is 5.32 Å². The van der Waals surface area contributed by atoms with Crippen molar-refractivity contribution in [2.75, 3.05) is 46.4 Å². The van der Waals surface area contributed by atoms with E-state index < -0.39 is 0 Å². The van der Waals surface area contributed by atoms with Crippen LogP contribution in [0.1, 0.15) is 43.9 Å². The van der Waals surface area contributed by atoms with E-state index in [-0.39, 0.29) is 11.8 Å². The van der Waals surface area contributed by atoms with Crippen molar-refractivity contribution in [3.8, 4) is 0 Å². The van der Waals surface area contributed by atoms with Gasteiger partial charge < -0.3 is 10.1 Å². The third kappa shape index (κ3) is 5.33. The maximum Gasteiger partial charge on any atom is 0.224 e. The molecule has 3 rings (SSSR count). The highest BCUT2D eigenvalue weighted by molar-refractivity contribution is 5.78. The van der Waals surface area contributed by atoms with Crippen molar-refractivity contribution in [2.45, 2.75) is 58.7 Å². The van der Waals surface area contributed by atoms with Gasteiger partial charge in [0.25, 0.3) is 0 Å². The summed E-state index contributed by atoms with van der Waals surface area (Å²) in [4.78, 5) is 17.5. The van der Waals surface area contributed by atoms with Gasteiger partial charge >= 0.3 is 0 Å². The van der Waals surface area contributed by atoms with Crippen LogP contribution in [0.25, 0.3) is 0 Å². The minimum atomic E-state index is 0.131. The number of likely N-dealkylation sites (tertiary alicyclic amines) is 2. The molecule has 2 aliphatic heterocycles. The summed E-state index contributed by atoms with van der Waals surface area (Å²) in [5.74, 6) is 0.328. The predicted molar refractivity (Wildman–Crippen MR) is 110 cm³/mol. The highest BCUT2D eigenvalue weighted by Gasteiger charge is 2.31. The lowest BCUT2D eigenvalue weighted by Crippen LogP contribution is -2.50. The van der Waals surface area contributed by atoms with Gasteiger partial charge in [-0.05, 0) is 59.2 Å². The van der Waals surface area contributed by atoms with Gasteiger partial charge in [0.15, 0.2) is 0 Å². The van der Waals surface area contributed by atoms with Gasteiger partial charge in [-0.25, -0.2) is 0 Å². The van der Waals surface area contributed by atoms with Crippen LogP contribution in [0.15, 0.2) is 6.20 Å². The lowest BCUT2D eigenvalue weighted by atomic mass is 9.93. The molecular formula is C21H37N5O2. The van der Waals surface area contributed by atoms with Crippen molar-refractivity contribution in [3.63, 3.8) is 0 Å². The Hall–Kier alpha value is -1.44. The van der Waals surface area contributed by atoms with Crippen LogP contribution in [-0.2, 0) is 22.6 Å². The molecule has 0 saturated carbocycles. The van der Waals surface area contributed by atoms with Crippen LogP contribution in [0, 0.1) is 12.8 Å². The largest absolute Gasteiger partial charge is 0.383 e. The molecule has 7 heteroatoms. The Kier molecular flexibility index (Phi) is 7.88. The first-order chi connectivity index (χ1) is 13.6. The summed E-state index contributed by atoms with van der Waals surface area (Å²) in [6, 6.07) is 0.616. The first kappa shape index (κ1) is 21.3. The van der Waals surface area contributed by atoms with Crippen LogP contribution >= 0.6 is 0 Å². The number of hydrogen-bond donors (Lipinski definition) is 1. The van der Waals surface area contributed by atoms with Crippen molar-refractivity contribution in [3.05, 3.63) is 17.5 Å². The van der Waals surface area contributed by atoms with Gasteiger partial charge in [-0.2, -0.15) is 5.10 Å². The molecule has 1 amide bonds. The molecular weight excluding hydrogens is 354 g/mol. The summed E-state index contributed by atoms with van der Waals surface area (Å²) in [5, 5.41) is 7.49. The van der Waals surface area contributed by atoms with Crippen molar-refractivity contribution in [1.82, 2.24) is 24.9 Å². The fraction of sp³-hybridized carbons (Fsp3) is 0.810. The maximum atomic E-state index is 12.4. The van der Waals surface area contributed by atoms with Crippen molar-refractivity contribution >= 4 is 5.91 Å². The van der Waals surface area contributed by atoms with E-state index in [1.54, 1.807) is 7.11 Å². The predicted octanol–water partition coefficient (Wildman–Crippen LogP) is 1.65. The molecule has 158 valence electrons. The molecule has 2 saturated heterocycles. The van der Waals surface area contributed by atoms with E-state index in [1.165, 1.54) is 24.1 Å². The van der Waals surface area contributed by atoms with E-state index in [0.717, 1.165) is 52.1 Å². The van der Waals surface area contributed by atoms with E-state index >= 15 is 0 Å². The van der Waals surface area contributed by atoms with Crippen molar-refractivity contribution in [2.24, 2.45) is 5.92 Å². The van der Waals surface area contributed by atoms with E-state index in [9.17, 15) is 4.79 Å². The minimum Gasteiger partial charge on any atom is -0.383 e. The molecule has 1 aromatic heterocycles. The van der Waals surface area contributed by atoms with Crippen LogP contribution in [-0.4, -0.2) is 78.0 Å². The van der Waals surface area contributed by atoms with Gasteiger partial charge in [-0.15, -0.1) is 0 Å². The molecule has 0 spiro atoms. The number of aryl methyl sites for hydroxylation is 1. The number of hydrogen-bond acceptors (Lipinski definition) is 5. The molecule has 1 atom stereocenters. The SMILES string of the molecule is CCn1ncc(CN2CCC(N3CCC[C@@H](C(=O)NCCOC)C3)CC2)c1C. The Balaban J connectivity index is 1.45. The van der Waals surface area contributed by atoms with Gasteiger partial charge in [0, 0.05) is 50.6 Å². The van der Waals surface area contributed by atoms with Gasteiger partial charge in [0.2, 0.25) is 5.91 Å². The van der Waals surface area contributed by atoms with E-state index in [2.05, 4.69) is 38.7 Å². The van der Waals surface area contributed by atoms with Gasteiger partial charge in [-0.3, -0.25) is 19.3 Å². The van der Waals surface area contributed by atoms with Gasteiger partial charge in [0.05, 0.1) is 18.7 Å². The van der Waals surface area contributed by atoms with Crippen LogP contribution in [0.4, 0.5) is 0 Å². The average Bonchev–Trinajstić information content (AvgIpc) is 3.08. The Morgan fingerprint density at radius 3 is 2.75 bits per heavy atom. The molecule has 3 heterocycles. The molecule has 2 fully saturated rings.